The summed E-state index contributed by atoms with van der Waals surface area (Å²) in [4.78, 5) is 35.8. The number of halogens is 1. The van der Waals surface area contributed by atoms with E-state index in [9.17, 15) is 9.59 Å². The normalized spacial score (nSPS) is 22.2. The van der Waals surface area contributed by atoms with Crippen molar-refractivity contribution in [2.75, 3.05) is 44.2 Å². The molecule has 0 unspecified atom stereocenters. The fourth-order valence-corrected chi connectivity index (χ4v) is 5.11. The van der Waals surface area contributed by atoms with Crippen molar-refractivity contribution in [1.82, 2.24) is 14.8 Å². The molecule has 4 rings (SSSR count). The summed E-state index contributed by atoms with van der Waals surface area (Å²) in [6.07, 6.45) is 9.44. The van der Waals surface area contributed by atoms with E-state index in [1.807, 2.05) is 18.3 Å². The highest BCUT2D eigenvalue weighted by Gasteiger charge is 2.44. The van der Waals surface area contributed by atoms with Crippen LogP contribution in [0.1, 0.15) is 51.4 Å². The number of likely N-dealkylation sites (tertiary alicyclic amines) is 1. The van der Waals surface area contributed by atoms with E-state index >= 15 is 0 Å². The minimum Gasteiger partial charge on any atom is -0.354 e. The Labute approximate surface area is 180 Å². The van der Waals surface area contributed by atoms with Crippen molar-refractivity contribution in [3.8, 4) is 0 Å². The van der Waals surface area contributed by atoms with E-state index in [0.717, 1.165) is 64.2 Å². The minimum absolute atomic E-state index is 0. The largest absolute Gasteiger partial charge is 0.354 e. The molecule has 0 bridgehead atoms. The summed E-state index contributed by atoms with van der Waals surface area (Å²) in [6, 6.07) is 6.05. The van der Waals surface area contributed by atoms with Crippen LogP contribution < -0.4 is 4.90 Å². The molecule has 3 heterocycles. The standard InChI is InChI=1S/C22H32N4O2.ClH/c27-20-17-22(8-2-3-9-22)18-21(28)26(20)12-6-5-11-24-13-15-25(16-14-24)19-7-1-4-10-23-19;/h1,4,7,10H,2-3,5-6,8-9,11-18H2;1H. The van der Waals surface area contributed by atoms with E-state index in [4.69, 9.17) is 0 Å². The van der Waals surface area contributed by atoms with Gasteiger partial charge in [0.05, 0.1) is 0 Å². The fraction of sp³-hybridized carbons (Fsp3) is 0.682. The quantitative estimate of drug-likeness (QED) is 0.522. The third-order valence-corrected chi connectivity index (χ3v) is 6.77. The monoisotopic (exact) mass is 420 g/mol. The van der Waals surface area contributed by atoms with Crippen molar-refractivity contribution in [3.05, 3.63) is 24.4 Å². The highest BCUT2D eigenvalue weighted by Crippen LogP contribution is 2.46. The Morgan fingerprint density at radius 3 is 2.17 bits per heavy atom. The van der Waals surface area contributed by atoms with Gasteiger partial charge in [-0.25, -0.2) is 4.98 Å². The van der Waals surface area contributed by atoms with Crippen LogP contribution in [-0.2, 0) is 9.59 Å². The zero-order valence-electron chi connectivity index (χ0n) is 17.2. The van der Waals surface area contributed by atoms with Gasteiger partial charge in [0, 0.05) is 51.8 Å². The van der Waals surface area contributed by atoms with Gasteiger partial charge in [-0.15, -0.1) is 12.4 Å². The second-order valence-electron chi connectivity index (χ2n) is 8.72. The maximum absolute atomic E-state index is 12.5. The number of hydrogen-bond acceptors (Lipinski definition) is 5. The van der Waals surface area contributed by atoms with E-state index in [-0.39, 0.29) is 29.6 Å². The Kier molecular flexibility index (Phi) is 7.52. The van der Waals surface area contributed by atoms with E-state index in [1.54, 1.807) is 4.90 Å². The molecule has 1 saturated carbocycles. The predicted molar refractivity (Wildman–Crippen MR) is 116 cm³/mol. The number of rotatable bonds is 6. The van der Waals surface area contributed by atoms with Crippen LogP contribution in [0.5, 0.6) is 0 Å². The number of carbonyl (C=O) groups is 2. The van der Waals surface area contributed by atoms with Gasteiger partial charge < -0.3 is 4.90 Å². The van der Waals surface area contributed by atoms with Crippen molar-refractivity contribution < 1.29 is 9.59 Å². The van der Waals surface area contributed by atoms with Gasteiger partial charge >= 0.3 is 0 Å². The predicted octanol–water partition coefficient (Wildman–Crippen LogP) is 3.12. The van der Waals surface area contributed by atoms with E-state index < -0.39 is 0 Å². The van der Waals surface area contributed by atoms with Gasteiger partial charge in [-0.1, -0.05) is 18.9 Å². The topological polar surface area (TPSA) is 56.8 Å². The third-order valence-electron chi connectivity index (χ3n) is 6.77. The number of amides is 2. The van der Waals surface area contributed by atoms with Crippen LogP contribution in [0.3, 0.4) is 0 Å². The molecule has 3 aliphatic rings. The van der Waals surface area contributed by atoms with Crippen LogP contribution in [0, 0.1) is 5.41 Å². The molecule has 0 aromatic carbocycles. The van der Waals surface area contributed by atoms with Gasteiger partial charge in [-0.3, -0.25) is 19.4 Å². The lowest BCUT2D eigenvalue weighted by atomic mass is 9.76. The average Bonchev–Trinajstić information content (AvgIpc) is 3.15. The maximum atomic E-state index is 12.5. The molecule has 6 nitrogen and oxygen atoms in total. The number of unbranched alkanes of at least 4 members (excludes halogenated alkanes) is 1. The third kappa shape index (κ3) is 5.28. The van der Waals surface area contributed by atoms with Crippen LogP contribution >= 0.6 is 12.4 Å². The Hall–Kier alpha value is -1.66. The summed E-state index contributed by atoms with van der Waals surface area (Å²) in [5.41, 5.74) is 0.0119. The number of anilines is 1. The molecule has 0 atom stereocenters. The first-order valence-electron chi connectivity index (χ1n) is 10.9. The summed E-state index contributed by atoms with van der Waals surface area (Å²) in [5, 5.41) is 0. The Balaban J connectivity index is 0.00000240. The fourth-order valence-electron chi connectivity index (χ4n) is 5.11. The van der Waals surface area contributed by atoms with Crippen LogP contribution in [0.2, 0.25) is 0 Å². The van der Waals surface area contributed by atoms with Crippen molar-refractivity contribution in [1.29, 1.82) is 0 Å². The molecule has 0 radical (unpaired) electrons. The zero-order chi connectivity index (χ0) is 19.4. The van der Waals surface area contributed by atoms with E-state index in [2.05, 4.69) is 20.9 Å². The van der Waals surface area contributed by atoms with Gasteiger partial charge in [-0.2, -0.15) is 0 Å². The molecule has 1 aromatic heterocycles. The molecule has 7 heteroatoms. The smallest absolute Gasteiger partial charge is 0.229 e. The zero-order valence-corrected chi connectivity index (χ0v) is 18.0. The lowest BCUT2D eigenvalue weighted by Crippen LogP contribution is -2.48. The molecule has 1 spiro atoms. The molecule has 1 aliphatic carbocycles. The molecule has 29 heavy (non-hydrogen) atoms. The van der Waals surface area contributed by atoms with Crippen LogP contribution in [0.15, 0.2) is 24.4 Å². The second-order valence-corrected chi connectivity index (χ2v) is 8.72. The number of piperazine rings is 1. The molecule has 160 valence electrons. The number of imide groups is 1. The SMILES string of the molecule is Cl.O=C1CC2(CCCC2)CC(=O)N1CCCCN1CCN(c2ccccn2)CC1. The summed E-state index contributed by atoms with van der Waals surface area (Å²) in [7, 11) is 0. The first-order valence-corrected chi connectivity index (χ1v) is 10.9. The molecule has 2 aliphatic heterocycles. The van der Waals surface area contributed by atoms with E-state index in [0.29, 0.717) is 19.4 Å². The lowest BCUT2D eigenvalue weighted by molar-refractivity contribution is -0.153. The number of hydrogen-bond donors (Lipinski definition) is 0. The molecule has 3 fully saturated rings. The van der Waals surface area contributed by atoms with Crippen molar-refractivity contribution in [2.45, 2.75) is 51.4 Å². The number of carbonyl (C=O) groups excluding carboxylic acids is 2. The highest BCUT2D eigenvalue weighted by atomic mass is 35.5. The summed E-state index contributed by atoms with van der Waals surface area (Å²) in [5.74, 6) is 1.20. The Morgan fingerprint density at radius 2 is 1.55 bits per heavy atom. The molecular weight excluding hydrogens is 388 g/mol. The first-order chi connectivity index (χ1) is 13.7. The minimum atomic E-state index is 0. The molecule has 2 amide bonds. The number of piperidine rings is 1. The number of aromatic nitrogens is 1. The van der Waals surface area contributed by atoms with Crippen molar-refractivity contribution in [2.24, 2.45) is 5.41 Å². The Bertz CT molecular complexity index is 665. The number of pyridine rings is 1. The van der Waals surface area contributed by atoms with Gasteiger partial charge in [0.15, 0.2) is 0 Å². The summed E-state index contributed by atoms with van der Waals surface area (Å²) < 4.78 is 0. The average molecular weight is 421 g/mol. The molecular formula is C22H33ClN4O2. The summed E-state index contributed by atoms with van der Waals surface area (Å²) in [6.45, 7) is 5.73. The van der Waals surface area contributed by atoms with E-state index in [1.165, 1.54) is 12.8 Å². The lowest BCUT2D eigenvalue weighted by Gasteiger charge is -2.37. The van der Waals surface area contributed by atoms with Gasteiger partial charge in [0.2, 0.25) is 11.8 Å². The van der Waals surface area contributed by atoms with Crippen LogP contribution in [0.4, 0.5) is 5.82 Å². The number of nitrogens with zero attached hydrogens (tertiary/aromatic N) is 4. The molecule has 0 N–H and O–H groups in total. The Morgan fingerprint density at radius 1 is 0.897 bits per heavy atom. The van der Waals surface area contributed by atoms with Gasteiger partial charge in [-0.05, 0) is 49.8 Å². The van der Waals surface area contributed by atoms with Gasteiger partial charge in [0.1, 0.15) is 5.82 Å². The summed E-state index contributed by atoms with van der Waals surface area (Å²) >= 11 is 0. The second kappa shape index (κ2) is 9.90. The van der Waals surface area contributed by atoms with Gasteiger partial charge in [0.25, 0.3) is 0 Å². The molecule has 2 saturated heterocycles. The highest BCUT2D eigenvalue weighted by molar-refractivity contribution is 5.98. The van der Waals surface area contributed by atoms with Crippen molar-refractivity contribution in [3.63, 3.8) is 0 Å². The molecule has 1 aromatic rings. The maximum Gasteiger partial charge on any atom is 0.229 e. The van der Waals surface area contributed by atoms with Crippen LogP contribution in [0.25, 0.3) is 0 Å². The van der Waals surface area contributed by atoms with Crippen LogP contribution in [-0.4, -0.2) is 65.9 Å². The van der Waals surface area contributed by atoms with Crippen molar-refractivity contribution >= 4 is 30.0 Å². The first kappa shape index (κ1) is 22.0.